The van der Waals surface area contributed by atoms with Crippen LogP contribution in [0.2, 0.25) is 0 Å². The van der Waals surface area contributed by atoms with Gasteiger partial charge in [0.15, 0.2) is 0 Å². The molecule has 2 aromatic heterocycles. The highest BCUT2D eigenvalue weighted by Crippen LogP contribution is 2.07. The van der Waals surface area contributed by atoms with E-state index in [2.05, 4.69) is 10.3 Å². The van der Waals surface area contributed by atoms with Crippen LogP contribution in [0.15, 0.2) is 47.5 Å². The molecule has 6 heteroatoms. The van der Waals surface area contributed by atoms with Gasteiger partial charge in [-0.15, -0.1) is 0 Å². The Hall–Kier alpha value is -2.63. The molecule has 0 aromatic carbocycles. The molecule has 0 bridgehead atoms. The monoisotopic (exact) mass is 286 g/mol. The first-order valence-electron chi connectivity index (χ1n) is 6.60. The summed E-state index contributed by atoms with van der Waals surface area (Å²) in [5.74, 6) is 0.654. The molecule has 2 heterocycles. The van der Waals surface area contributed by atoms with Crippen LogP contribution < -0.4 is 15.8 Å². The van der Waals surface area contributed by atoms with Crippen LogP contribution in [0.5, 0.6) is 0 Å². The molecule has 0 radical (unpaired) electrons. The first kappa shape index (κ1) is 14.8. The Morgan fingerprint density at radius 2 is 2.10 bits per heavy atom. The molecule has 0 aliphatic carbocycles. The lowest BCUT2D eigenvalue weighted by molar-refractivity contribution is -0.121. The number of rotatable bonds is 5. The van der Waals surface area contributed by atoms with Crippen LogP contribution in [-0.2, 0) is 17.9 Å². The van der Waals surface area contributed by atoms with E-state index in [-0.39, 0.29) is 18.0 Å². The summed E-state index contributed by atoms with van der Waals surface area (Å²) < 4.78 is 1.36. The van der Waals surface area contributed by atoms with Crippen LogP contribution in [0.25, 0.3) is 0 Å². The average Bonchev–Trinajstić information content (AvgIpc) is 2.48. The lowest BCUT2D eigenvalue weighted by Gasteiger charge is -2.11. The summed E-state index contributed by atoms with van der Waals surface area (Å²) in [5.41, 5.74) is 0.721. The summed E-state index contributed by atoms with van der Waals surface area (Å²) in [7, 11) is 3.84. The highest BCUT2D eigenvalue weighted by molar-refractivity contribution is 5.75. The molecule has 0 aliphatic heterocycles. The van der Waals surface area contributed by atoms with Gasteiger partial charge in [-0.05, 0) is 17.7 Å². The van der Waals surface area contributed by atoms with Crippen molar-refractivity contribution >= 4 is 11.7 Å². The molecule has 0 fully saturated rings. The number of aromatic nitrogens is 2. The molecule has 110 valence electrons. The normalized spacial score (nSPS) is 10.2. The minimum absolute atomic E-state index is 0.0167. The van der Waals surface area contributed by atoms with Crippen LogP contribution >= 0.6 is 0 Å². The summed E-state index contributed by atoms with van der Waals surface area (Å²) in [5, 5.41) is 2.77. The molecular formula is C15H18N4O2. The van der Waals surface area contributed by atoms with Crippen LogP contribution in [-0.4, -0.2) is 29.6 Å². The summed E-state index contributed by atoms with van der Waals surface area (Å²) in [4.78, 5) is 29.5. The number of amides is 1. The van der Waals surface area contributed by atoms with Gasteiger partial charge in [0, 0.05) is 39.1 Å². The zero-order chi connectivity index (χ0) is 15.2. The van der Waals surface area contributed by atoms with Crippen LogP contribution in [0.1, 0.15) is 5.56 Å². The van der Waals surface area contributed by atoms with E-state index in [1.165, 1.54) is 10.6 Å². The zero-order valence-corrected chi connectivity index (χ0v) is 12.1. The Bertz CT molecular complexity index is 662. The van der Waals surface area contributed by atoms with E-state index >= 15 is 0 Å². The average molecular weight is 286 g/mol. The van der Waals surface area contributed by atoms with Crippen molar-refractivity contribution in [2.75, 3.05) is 19.0 Å². The zero-order valence-electron chi connectivity index (χ0n) is 12.1. The second-order valence-electron chi connectivity index (χ2n) is 4.86. The van der Waals surface area contributed by atoms with Crippen molar-refractivity contribution in [3.63, 3.8) is 0 Å². The van der Waals surface area contributed by atoms with Gasteiger partial charge >= 0.3 is 0 Å². The number of hydrogen-bond donors (Lipinski definition) is 1. The van der Waals surface area contributed by atoms with Crippen molar-refractivity contribution in [3.05, 3.63) is 58.6 Å². The Morgan fingerprint density at radius 3 is 2.71 bits per heavy atom. The van der Waals surface area contributed by atoms with E-state index in [1.807, 2.05) is 31.1 Å². The van der Waals surface area contributed by atoms with Gasteiger partial charge in [-0.25, -0.2) is 4.98 Å². The number of nitrogens with zero attached hydrogens (tertiary/aromatic N) is 3. The third-order valence-corrected chi connectivity index (χ3v) is 2.97. The minimum Gasteiger partial charge on any atom is -0.363 e. The molecule has 0 saturated carbocycles. The summed E-state index contributed by atoms with van der Waals surface area (Å²) in [6.45, 7) is 0.407. The lowest BCUT2D eigenvalue weighted by Crippen LogP contribution is -2.31. The summed E-state index contributed by atoms with van der Waals surface area (Å²) in [6.07, 6.45) is 3.32. The standard InChI is InChI=1S/C15H18N4O2/c1-18(2)13-7-6-12(9-16-13)10-17-14(20)11-19-8-4-3-5-15(19)21/h3-9H,10-11H2,1-2H3,(H,17,20). The van der Waals surface area contributed by atoms with E-state index in [9.17, 15) is 9.59 Å². The van der Waals surface area contributed by atoms with Crippen LogP contribution in [0, 0.1) is 0 Å². The Labute approximate surface area is 123 Å². The van der Waals surface area contributed by atoms with Gasteiger partial charge in [0.05, 0.1) is 0 Å². The maximum Gasteiger partial charge on any atom is 0.250 e. The van der Waals surface area contributed by atoms with Crippen LogP contribution in [0.4, 0.5) is 5.82 Å². The van der Waals surface area contributed by atoms with E-state index in [0.717, 1.165) is 11.4 Å². The molecule has 0 unspecified atom stereocenters. The Kier molecular flexibility index (Phi) is 4.71. The number of carbonyl (C=O) groups is 1. The lowest BCUT2D eigenvalue weighted by atomic mass is 10.2. The number of anilines is 1. The maximum atomic E-state index is 11.8. The fourth-order valence-corrected chi connectivity index (χ4v) is 1.79. The van der Waals surface area contributed by atoms with Crippen molar-refractivity contribution in [3.8, 4) is 0 Å². The topological polar surface area (TPSA) is 67.2 Å². The van der Waals surface area contributed by atoms with Gasteiger partial charge < -0.3 is 14.8 Å². The van der Waals surface area contributed by atoms with E-state index < -0.39 is 0 Å². The van der Waals surface area contributed by atoms with Crippen molar-refractivity contribution in [1.29, 1.82) is 0 Å². The quantitative estimate of drug-likeness (QED) is 0.875. The van der Waals surface area contributed by atoms with Gasteiger partial charge in [0.1, 0.15) is 12.4 Å². The fraction of sp³-hybridized carbons (Fsp3) is 0.267. The molecule has 1 amide bonds. The van der Waals surface area contributed by atoms with Crippen molar-refractivity contribution in [2.24, 2.45) is 0 Å². The first-order chi connectivity index (χ1) is 10.1. The van der Waals surface area contributed by atoms with Gasteiger partial charge in [-0.2, -0.15) is 0 Å². The third kappa shape index (κ3) is 4.17. The molecule has 6 nitrogen and oxygen atoms in total. The molecule has 0 saturated heterocycles. The second-order valence-corrected chi connectivity index (χ2v) is 4.86. The molecule has 0 spiro atoms. The van der Waals surface area contributed by atoms with E-state index in [0.29, 0.717) is 6.54 Å². The van der Waals surface area contributed by atoms with Crippen molar-refractivity contribution in [1.82, 2.24) is 14.9 Å². The van der Waals surface area contributed by atoms with Crippen LogP contribution in [0.3, 0.4) is 0 Å². The van der Waals surface area contributed by atoms with Crippen molar-refractivity contribution < 1.29 is 4.79 Å². The predicted molar refractivity (Wildman–Crippen MR) is 81.1 cm³/mol. The molecule has 0 aliphatic rings. The number of carbonyl (C=O) groups excluding carboxylic acids is 1. The molecule has 0 atom stereocenters. The highest BCUT2D eigenvalue weighted by atomic mass is 16.2. The van der Waals surface area contributed by atoms with Gasteiger partial charge in [-0.1, -0.05) is 12.1 Å². The summed E-state index contributed by atoms with van der Waals surface area (Å²) in [6, 6.07) is 8.60. The van der Waals surface area contributed by atoms with E-state index in [1.54, 1.807) is 24.5 Å². The number of nitrogens with one attached hydrogen (secondary N) is 1. The first-order valence-corrected chi connectivity index (χ1v) is 6.60. The molecule has 2 aromatic rings. The number of hydrogen-bond acceptors (Lipinski definition) is 4. The highest BCUT2D eigenvalue weighted by Gasteiger charge is 2.04. The SMILES string of the molecule is CN(C)c1ccc(CNC(=O)Cn2ccccc2=O)cn1. The molecular weight excluding hydrogens is 268 g/mol. The van der Waals surface area contributed by atoms with Gasteiger partial charge in [0.25, 0.3) is 5.56 Å². The third-order valence-electron chi connectivity index (χ3n) is 2.97. The van der Waals surface area contributed by atoms with Gasteiger partial charge in [0.2, 0.25) is 5.91 Å². The number of pyridine rings is 2. The Morgan fingerprint density at radius 1 is 1.29 bits per heavy atom. The molecule has 1 N–H and O–H groups in total. The predicted octanol–water partition coefficient (Wildman–Crippen LogP) is 0.626. The second kappa shape index (κ2) is 6.69. The maximum absolute atomic E-state index is 11.8. The Balaban J connectivity index is 1.89. The molecule has 2 rings (SSSR count). The summed E-state index contributed by atoms with van der Waals surface area (Å²) >= 11 is 0. The van der Waals surface area contributed by atoms with Gasteiger partial charge in [-0.3, -0.25) is 9.59 Å². The fourth-order valence-electron chi connectivity index (χ4n) is 1.79. The molecule has 21 heavy (non-hydrogen) atoms. The largest absolute Gasteiger partial charge is 0.363 e. The van der Waals surface area contributed by atoms with Crippen molar-refractivity contribution in [2.45, 2.75) is 13.1 Å². The van der Waals surface area contributed by atoms with E-state index in [4.69, 9.17) is 0 Å². The smallest absolute Gasteiger partial charge is 0.250 e. The minimum atomic E-state index is -0.208.